The molecule has 2 heterocycles. The Morgan fingerprint density at radius 3 is 2.71 bits per heavy atom. The van der Waals surface area contributed by atoms with Crippen molar-refractivity contribution in [2.45, 2.75) is 46.1 Å². The van der Waals surface area contributed by atoms with Crippen LogP contribution in [0.25, 0.3) is 0 Å². The highest BCUT2D eigenvalue weighted by Crippen LogP contribution is 2.49. The molecule has 1 unspecified atom stereocenters. The molecule has 0 bridgehead atoms. The van der Waals surface area contributed by atoms with Gasteiger partial charge in [0.05, 0.1) is 5.92 Å². The van der Waals surface area contributed by atoms with Crippen LogP contribution in [0, 0.1) is 29.5 Å². The molecule has 4 rings (SSSR count). The van der Waals surface area contributed by atoms with Crippen molar-refractivity contribution in [3.63, 3.8) is 0 Å². The van der Waals surface area contributed by atoms with Crippen LogP contribution in [-0.2, 0) is 16.1 Å². The van der Waals surface area contributed by atoms with Gasteiger partial charge in [0.25, 0.3) is 0 Å². The minimum atomic E-state index is -0.527. The molecule has 1 aromatic carbocycles. The fourth-order valence-corrected chi connectivity index (χ4v) is 5.25. The fourth-order valence-electron chi connectivity index (χ4n) is 4.09. The number of Topliss-reactive ketones (excluding diaryl/α,β-unsaturated/α-hetero) is 1. The molecular weight excluding hydrogens is 415 g/mol. The maximum absolute atomic E-state index is 13.1. The molecule has 2 aromatic rings. The van der Waals surface area contributed by atoms with Crippen LogP contribution in [0.3, 0.4) is 0 Å². The highest BCUT2D eigenvalue weighted by atomic mass is 32.1. The first-order valence-electron chi connectivity index (χ1n) is 10.00. The first-order chi connectivity index (χ1) is 14.7. The molecule has 2 N–H and O–H groups in total. The molecule has 0 spiro atoms. The summed E-state index contributed by atoms with van der Waals surface area (Å²) in [7, 11) is 0. The summed E-state index contributed by atoms with van der Waals surface area (Å²) in [6.45, 7) is 6.31. The van der Waals surface area contributed by atoms with Gasteiger partial charge in [0, 0.05) is 33.7 Å². The number of carbonyl (C=O) groups excluding carboxylic acids is 1. The van der Waals surface area contributed by atoms with Crippen molar-refractivity contribution in [1.82, 2.24) is 0 Å². The van der Waals surface area contributed by atoms with Gasteiger partial charge >= 0.3 is 0 Å². The first-order valence-corrected chi connectivity index (χ1v) is 10.8. The SMILES string of the molecule is Cc1sc(C2C(C#N)=C(N)OC3=C2C(=O)CC(C)(C)C3)cc1COc1ccc(F)cc1. The lowest BCUT2D eigenvalue weighted by atomic mass is 9.71. The Morgan fingerprint density at radius 1 is 1.32 bits per heavy atom. The van der Waals surface area contributed by atoms with E-state index in [1.807, 2.05) is 26.8 Å². The van der Waals surface area contributed by atoms with Gasteiger partial charge in [-0.3, -0.25) is 4.79 Å². The number of thiophene rings is 1. The molecular formula is C24H23FN2O3S. The van der Waals surface area contributed by atoms with Gasteiger partial charge in [0.15, 0.2) is 5.78 Å². The van der Waals surface area contributed by atoms with E-state index in [1.54, 1.807) is 12.1 Å². The van der Waals surface area contributed by atoms with E-state index in [1.165, 1.54) is 23.5 Å². The molecule has 0 amide bonds. The van der Waals surface area contributed by atoms with Crippen LogP contribution in [0.2, 0.25) is 0 Å². The van der Waals surface area contributed by atoms with Crippen LogP contribution >= 0.6 is 11.3 Å². The lowest BCUT2D eigenvalue weighted by Crippen LogP contribution is -2.33. The third-order valence-corrected chi connectivity index (χ3v) is 6.77. The number of hydrogen-bond acceptors (Lipinski definition) is 6. The molecule has 0 fully saturated rings. The Hall–Kier alpha value is -3.11. The molecule has 1 aromatic heterocycles. The molecule has 7 heteroatoms. The monoisotopic (exact) mass is 438 g/mol. The average molecular weight is 439 g/mol. The number of nitrogens with zero attached hydrogens (tertiary/aromatic N) is 1. The number of nitriles is 1. The van der Waals surface area contributed by atoms with E-state index in [0.29, 0.717) is 36.5 Å². The molecule has 0 saturated carbocycles. The minimum Gasteiger partial charge on any atom is -0.489 e. The number of halogens is 1. The van der Waals surface area contributed by atoms with Gasteiger partial charge in [-0.2, -0.15) is 5.26 Å². The predicted molar refractivity (Wildman–Crippen MR) is 115 cm³/mol. The van der Waals surface area contributed by atoms with E-state index in [2.05, 4.69) is 6.07 Å². The lowest BCUT2D eigenvalue weighted by molar-refractivity contribution is -0.119. The van der Waals surface area contributed by atoms with Crippen molar-refractivity contribution >= 4 is 17.1 Å². The van der Waals surface area contributed by atoms with Crippen LogP contribution in [0.15, 0.2) is 53.1 Å². The topological polar surface area (TPSA) is 85.3 Å². The second-order valence-corrected chi connectivity index (χ2v) is 9.96. The second-order valence-electron chi connectivity index (χ2n) is 8.68. The van der Waals surface area contributed by atoms with Gasteiger partial charge in [-0.05, 0) is 42.7 Å². The number of allylic oxidation sites excluding steroid dienone is 3. The number of ketones is 1. The Balaban J connectivity index is 1.68. The number of ether oxygens (including phenoxy) is 2. The molecule has 1 atom stereocenters. The van der Waals surface area contributed by atoms with Crippen LogP contribution in [0.4, 0.5) is 4.39 Å². The number of rotatable bonds is 4. The Bertz CT molecular complexity index is 1150. The van der Waals surface area contributed by atoms with Gasteiger partial charge < -0.3 is 15.2 Å². The first kappa shape index (κ1) is 21.1. The summed E-state index contributed by atoms with van der Waals surface area (Å²) in [6, 6.07) is 9.96. The second kappa shape index (κ2) is 7.86. The van der Waals surface area contributed by atoms with E-state index >= 15 is 0 Å². The summed E-state index contributed by atoms with van der Waals surface area (Å²) in [5.74, 6) is 0.340. The van der Waals surface area contributed by atoms with Crippen molar-refractivity contribution in [2.75, 3.05) is 0 Å². The van der Waals surface area contributed by atoms with Gasteiger partial charge in [0.2, 0.25) is 5.88 Å². The van der Waals surface area contributed by atoms with E-state index in [4.69, 9.17) is 15.2 Å². The Morgan fingerprint density at radius 2 is 2.03 bits per heavy atom. The molecule has 1 aliphatic carbocycles. The Kier molecular flexibility index (Phi) is 5.36. The predicted octanol–water partition coefficient (Wildman–Crippen LogP) is 5.23. The molecule has 31 heavy (non-hydrogen) atoms. The summed E-state index contributed by atoms with van der Waals surface area (Å²) in [5.41, 5.74) is 7.62. The standard InChI is InChI=1S/C24H23FN2O3S/c1-13-14(12-29-16-6-4-15(25)5-7-16)8-20(31-13)21-17(11-26)23(27)30-19-10-24(2,3)9-18(28)22(19)21/h4-8,21H,9-10,12,27H2,1-3H3. The fraction of sp³-hybridized carbons (Fsp3) is 0.333. The van der Waals surface area contributed by atoms with Crippen molar-refractivity contribution in [1.29, 1.82) is 5.26 Å². The Labute approximate surface area is 184 Å². The largest absolute Gasteiger partial charge is 0.489 e. The highest BCUT2D eigenvalue weighted by Gasteiger charge is 2.43. The molecule has 1 aliphatic heterocycles. The number of benzene rings is 1. The minimum absolute atomic E-state index is 0.00772. The van der Waals surface area contributed by atoms with Crippen LogP contribution in [0.5, 0.6) is 5.75 Å². The van der Waals surface area contributed by atoms with Crippen molar-refractivity contribution in [2.24, 2.45) is 11.1 Å². The molecule has 0 radical (unpaired) electrons. The van der Waals surface area contributed by atoms with Crippen molar-refractivity contribution in [3.8, 4) is 11.8 Å². The van der Waals surface area contributed by atoms with E-state index in [0.717, 1.165) is 15.3 Å². The zero-order valence-electron chi connectivity index (χ0n) is 17.6. The highest BCUT2D eigenvalue weighted by molar-refractivity contribution is 7.12. The van der Waals surface area contributed by atoms with E-state index in [9.17, 15) is 14.4 Å². The van der Waals surface area contributed by atoms with Crippen molar-refractivity contribution in [3.05, 3.63) is 74.3 Å². The summed E-state index contributed by atoms with van der Waals surface area (Å²) in [4.78, 5) is 14.9. The summed E-state index contributed by atoms with van der Waals surface area (Å²) in [5, 5.41) is 9.77. The normalized spacial score (nSPS) is 20.2. The molecule has 0 saturated heterocycles. The van der Waals surface area contributed by atoms with Gasteiger partial charge in [0.1, 0.15) is 35.6 Å². The number of carbonyl (C=O) groups is 1. The lowest BCUT2D eigenvalue weighted by Gasteiger charge is -2.36. The zero-order valence-corrected chi connectivity index (χ0v) is 18.4. The smallest absolute Gasteiger partial charge is 0.205 e. The number of hydrogen-bond donors (Lipinski definition) is 1. The van der Waals surface area contributed by atoms with Gasteiger partial charge in [-0.1, -0.05) is 13.8 Å². The average Bonchev–Trinajstić information content (AvgIpc) is 3.06. The van der Waals surface area contributed by atoms with E-state index in [-0.39, 0.29) is 28.5 Å². The summed E-state index contributed by atoms with van der Waals surface area (Å²) >= 11 is 1.51. The quantitative estimate of drug-likeness (QED) is 0.707. The van der Waals surface area contributed by atoms with Crippen LogP contribution < -0.4 is 10.5 Å². The maximum Gasteiger partial charge on any atom is 0.205 e. The van der Waals surface area contributed by atoms with Crippen LogP contribution in [-0.4, -0.2) is 5.78 Å². The number of nitrogens with two attached hydrogens (primary N) is 1. The number of aryl methyl sites for hydroxylation is 1. The zero-order chi connectivity index (χ0) is 22.3. The van der Waals surface area contributed by atoms with Crippen LogP contribution in [0.1, 0.15) is 47.9 Å². The van der Waals surface area contributed by atoms with E-state index < -0.39 is 5.92 Å². The summed E-state index contributed by atoms with van der Waals surface area (Å²) < 4.78 is 24.6. The molecule has 5 nitrogen and oxygen atoms in total. The third kappa shape index (κ3) is 4.08. The maximum atomic E-state index is 13.1. The molecule has 2 aliphatic rings. The van der Waals surface area contributed by atoms with Gasteiger partial charge in [-0.15, -0.1) is 11.3 Å². The van der Waals surface area contributed by atoms with Gasteiger partial charge in [-0.25, -0.2) is 4.39 Å². The third-order valence-electron chi connectivity index (χ3n) is 5.61. The molecule has 160 valence electrons. The summed E-state index contributed by atoms with van der Waals surface area (Å²) in [6.07, 6.45) is 0.990. The van der Waals surface area contributed by atoms with Crippen molar-refractivity contribution < 1.29 is 18.7 Å².